The summed E-state index contributed by atoms with van der Waals surface area (Å²) in [6, 6.07) is 4.36. The van der Waals surface area contributed by atoms with Crippen LogP contribution in [-0.2, 0) is 0 Å². The van der Waals surface area contributed by atoms with Gasteiger partial charge in [0.2, 0.25) is 0 Å². The van der Waals surface area contributed by atoms with Crippen molar-refractivity contribution in [1.29, 1.82) is 0 Å². The number of nitrogens with zero attached hydrogens (tertiary/aromatic N) is 2. The minimum atomic E-state index is 0.126. The van der Waals surface area contributed by atoms with E-state index in [-0.39, 0.29) is 5.91 Å². The molecule has 21 heavy (non-hydrogen) atoms. The first-order valence-corrected chi connectivity index (χ1v) is 7.99. The first-order valence-electron chi connectivity index (χ1n) is 7.99. The monoisotopic (exact) mass is 289 g/mol. The van der Waals surface area contributed by atoms with Gasteiger partial charge in [0.25, 0.3) is 5.91 Å². The molecule has 0 bridgehead atoms. The van der Waals surface area contributed by atoms with Gasteiger partial charge in [-0.2, -0.15) is 0 Å². The summed E-state index contributed by atoms with van der Waals surface area (Å²) in [5, 5.41) is 3.59. The fraction of sp³-hybridized carbons (Fsp3) is 0.647. The highest BCUT2D eigenvalue weighted by Crippen LogP contribution is 2.20. The second kappa shape index (κ2) is 7.03. The average Bonchev–Trinajstić information content (AvgIpc) is 2.45. The molecule has 0 aromatic carbocycles. The molecule has 1 aromatic heterocycles. The number of nitrogens with one attached hydrogen (secondary N) is 1. The molecule has 1 aliphatic rings. The number of likely N-dealkylation sites (tertiary alicyclic amines) is 1. The van der Waals surface area contributed by atoms with Crippen molar-refractivity contribution in [3.63, 3.8) is 0 Å². The highest BCUT2D eigenvalue weighted by atomic mass is 16.2. The molecule has 1 saturated heterocycles. The van der Waals surface area contributed by atoms with Crippen LogP contribution in [0.2, 0.25) is 0 Å². The topological polar surface area (TPSA) is 45.2 Å². The van der Waals surface area contributed by atoms with Gasteiger partial charge in [-0.1, -0.05) is 13.8 Å². The summed E-state index contributed by atoms with van der Waals surface area (Å²) in [6.45, 7) is 11.0. The minimum Gasteiger partial charge on any atom is -0.338 e. The molecule has 0 spiro atoms. The molecule has 1 aliphatic heterocycles. The second-order valence-corrected chi connectivity index (χ2v) is 6.16. The van der Waals surface area contributed by atoms with Crippen molar-refractivity contribution in [1.82, 2.24) is 15.2 Å². The summed E-state index contributed by atoms with van der Waals surface area (Å²) in [5.74, 6) is 0.619. The highest BCUT2D eigenvalue weighted by Gasteiger charge is 2.29. The number of hydrogen-bond acceptors (Lipinski definition) is 3. The van der Waals surface area contributed by atoms with E-state index in [0.29, 0.717) is 12.0 Å². The average molecular weight is 289 g/mol. The van der Waals surface area contributed by atoms with Gasteiger partial charge in [-0.3, -0.25) is 9.78 Å². The van der Waals surface area contributed by atoms with Crippen LogP contribution in [-0.4, -0.2) is 41.5 Å². The number of carbonyl (C=O) groups is 1. The molecular weight excluding hydrogens is 262 g/mol. The van der Waals surface area contributed by atoms with E-state index in [1.165, 1.54) is 0 Å². The Labute approximate surface area is 127 Å². The lowest BCUT2D eigenvalue weighted by Crippen LogP contribution is -2.50. The number of pyridine rings is 1. The number of hydrogen-bond donors (Lipinski definition) is 1. The number of piperidine rings is 1. The van der Waals surface area contributed by atoms with Crippen molar-refractivity contribution in [2.24, 2.45) is 5.92 Å². The summed E-state index contributed by atoms with van der Waals surface area (Å²) in [6.07, 6.45) is 2.19. The Kier molecular flexibility index (Phi) is 5.34. The lowest BCUT2D eigenvalue weighted by molar-refractivity contribution is 0.0644. The predicted octanol–water partition coefficient (Wildman–Crippen LogP) is 2.55. The largest absolute Gasteiger partial charge is 0.338 e. The number of rotatable bonds is 4. The third-order valence-electron chi connectivity index (χ3n) is 4.30. The zero-order valence-corrected chi connectivity index (χ0v) is 13.6. The first kappa shape index (κ1) is 16.0. The fourth-order valence-electron chi connectivity index (χ4n) is 3.05. The summed E-state index contributed by atoms with van der Waals surface area (Å²) in [4.78, 5) is 19.0. The van der Waals surface area contributed by atoms with Gasteiger partial charge in [0.05, 0.1) is 11.3 Å². The Morgan fingerprint density at radius 2 is 2.19 bits per heavy atom. The maximum absolute atomic E-state index is 12.7. The Morgan fingerprint density at radius 1 is 1.43 bits per heavy atom. The normalized spacial score (nSPS) is 22.4. The van der Waals surface area contributed by atoms with E-state index >= 15 is 0 Å². The Balaban J connectivity index is 2.02. The number of aromatic nitrogens is 1. The van der Waals surface area contributed by atoms with E-state index in [2.05, 4.69) is 24.1 Å². The van der Waals surface area contributed by atoms with Crippen molar-refractivity contribution < 1.29 is 4.79 Å². The van der Waals surface area contributed by atoms with Gasteiger partial charge in [-0.25, -0.2) is 0 Å². The molecule has 1 N–H and O–H groups in total. The molecule has 1 amide bonds. The maximum atomic E-state index is 12.7. The summed E-state index contributed by atoms with van der Waals surface area (Å²) < 4.78 is 0. The molecule has 0 radical (unpaired) electrons. The van der Waals surface area contributed by atoms with Crippen molar-refractivity contribution in [3.8, 4) is 0 Å². The molecular formula is C17H27N3O. The van der Waals surface area contributed by atoms with Gasteiger partial charge in [0, 0.05) is 24.8 Å². The van der Waals surface area contributed by atoms with Crippen molar-refractivity contribution >= 4 is 5.91 Å². The molecule has 4 nitrogen and oxygen atoms in total. The van der Waals surface area contributed by atoms with Gasteiger partial charge in [-0.05, 0) is 51.3 Å². The maximum Gasteiger partial charge on any atom is 0.255 e. The smallest absolute Gasteiger partial charge is 0.255 e. The lowest BCUT2D eigenvalue weighted by Gasteiger charge is -2.37. The standard InChI is InChI=1S/C17H27N3O/c1-5-9-18-16-8-10-20(11-12(16)2)17(21)15-7-6-13(3)19-14(15)4/h6-7,12,16,18H,5,8-11H2,1-4H3. The van der Waals surface area contributed by atoms with Crippen molar-refractivity contribution in [2.45, 2.75) is 46.6 Å². The molecule has 1 fully saturated rings. The minimum absolute atomic E-state index is 0.126. The second-order valence-electron chi connectivity index (χ2n) is 6.16. The van der Waals surface area contributed by atoms with Crippen molar-refractivity contribution in [3.05, 3.63) is 29.1 Å². The van der Waals surface area contributed by atoms with Crippen LogP contribution >= 0.6 is 0 Å². The van der Waals surface area contributed by atoms with E-state index < -0.39 is 0 Å². The van der Waals surface area contributed by atoms with Crippen LogP contribution in [0.5, 0.6) is 0 Å². The number of carbonyl (C=O) groups excluding carboxylic acids is 1. The van der Waals surface area contributed by atoms with Crippen LogP contribution in [0, 0.1) is 19.8 Å². The molecule has 2 atom stereocenters. The fourth-order valence-corrected chi connectivity index (χ4v) is 3.05. The van der Waals surface area contributed by atoms with Gasteiger partial charge in [-0.15, -0.1) is 0 Å². The molecule has 2 rings (SSSR count). The van der Waals surface area contributed by atoms with E-state index in [1.54, 1.807) is 0 Å². The van der Waals surface area contributed by atoms with Gasteiger partial charge >= 0.3 is 0 Å². The van der Waals surface area contributed by atoms with E-state index in [9.17, 15) is 4.79 Å². The van der Waals surface area contributed by atoms with Crippen LogP contribution in [0.3, 0.4) is 0 Å². The van der Waals surface area contributed by atoms with Crippen LogP contribution < -0.4 is 5.32 Å². The van der Waals surface area contributed by atoms with Crippen LogP contribution in [0.25, 0.3) is 0 Å². The van der Waals surface area contributed by atoms with E-state index in [4.69, 9.17) is 0 Å². The molecule has 4 heteroatoms. The quantitative estimate of drug-likeness (QED) is 0.926. The van der Waals surface area contributed by atoms with E-state index in [0.717, 1.165) is 49.4 Å². The molecule has 2 heterocycles. The summed E-state index contributed by atoms with van der Waals surface area (Å²) in [7, 11) is 0. The van der Waals surface area contributed by atoms with Crippen LogP contribution in [0.4, 0.5) is 0 Å². The lowest BCUT2D eigenvalue weighted by atomic mass is 9.93. The molecule has 1 aromatic rings. The highest BCUT2D eigenvalue weighted by molar-refractivity contribution is 5.95. The van der Waals surface area contributed by atoms with Crippen molar-refractivity contribution in [2.75, 3.05) is 19.6 Å². The molecule has 0 saturated carbocycles. The van der Waals surface area contributed by atoms with E-state index in [1.807, 2.05) is 30.9 Å². The molecule has 116 valence electrons. The Bertz CT molecular complexity index is 501. The number of amides is 1. The van der Waals surface area contributed by atoms with Crippen LogP contribution in [0.1, 0.15) is 48.4 Å². The summed E-state index contributed by atoms with van der Waals surface area (Å²) in [5.41, 5.74) is 2.53. The van der Waals surface area contributed by atoms with Gasteiger partial charge in [0.1, 0.15) is 0 Å². The Morgan fingerprint density at radius 3 is 2.81 bits per heavy atom. The zero-order chi connectivity index (χ0) is 15.4. The third kappa shape index (κ3) is 3.82. The SMILES string of the molecule is CCCNC1CCN(C(=O)c2ccc(C)nc2C)CC1C. The third-order valence-corrected chi connectivity index (χ3v) is 4.30. The van der Waals surface area contributed by atoms with Gasteiger partial charge in [0.15, 0.2) is 0 Å². The Hall–Kier alpha value is -1.42. The van der Waals surface area contributed by atoms with Gasteiger partial charge < -0.3 is 10.2 Å². The number of aryl methyl sites for hydroxylation is 2. The molecule has 2 unspecified atom stereocenters. The predicted molar refractivity (Wildman–Crippen MR) is 85.5 cm³/mol. The first-order chi connectivity index (χ1) is 10.0. The zero-order valence-electron chi connectivity index (χ0n) is 13.6. The molecule has 0 aliphatic carbocycles. The van der Waals surface area contributed by atoms with Crippen LogP contribution in [0.15, 0.2) is 12.1 Å². The summed E-state index contributed by atoms with van der Waals surface area (Å²) >= 11 is 0.